The van der Waals surface area contributed by atoms with E-state index in [1.54, 1.807) is 0 Å². The fourth-order valence-electron chi connectivity index (χ4n) is 3.88. The van der Waals surface area contributed by atoms with E-state index in [1.807, 2.05) is 0 Å². The number of aromatic amines is 1. The fraction of sp³-hybridized carbons (Fsp3) is 0.688. The molecule has 0 saturated carbocycles. The Morgan fingerprint density at radius 1 is 0.973 bits per heavy atom. The third-order valence-electron chi connectivity index (χ3n) is 5.79. The third kappa shape index (κ3) is 5.42. The van der Waals surface area contributed by atoms with Crippen LogP contribution in [0.25, 0.3) is 11.2 Å². The second-order valence-electron chi connectivity index (χ2n) is 8.23. The maximum atomic E-state index is 12.6. The highest BCUT2D eigenvalue weighted by molar-refractivity contribution is 7.64. The first-order valence-corrected chi connectivity index (χ1v) is 13.6. The Labute approximate surface area is 205 Å². The summed E-state index contributed by atoms with van der Waals surface area (Å²) in [6, 6.07) is 0. The first-order valence-electron chi connectivity index (χ1n) is 10.5. The Bertz CT molecular complexity index is 1270. The summed E-state index contributed by atoms with van der Waals surface area (Å²) in [4.78, 5) is 42.0. The lowest BCUT2D eigenvalue weighted by Gasteiger charge is -2.40. The van der Waals surface area contributed by atoms with E-state index in [0.29, 0.717) is 0 Å². The quantitative estimate of drug-likeness (QED) is 0.135. The van der Waals surface area contributed by atoms with Gasteiger partial charge in [0.2, 0.25) is 0 Å². The zero-order chi connectivity index (χ0) is 27.3. The lowest BCUT2D eigenvalue weighted by Crippen LogP contribution is -2.58. The van der Waals surface area contributed by atoms with Crippen LogP contribution in [0.1, 0.15) is 6.23 Å². The van der Waals surface area contributed by atoms with Gasteiger partial charge in [-0.25, -0.2) is 18.8 Å². The number of aliphatic hydroxyl groups is 6. The molecular formula is C16H24N4O15P2. The first kappa shape index (κ1) is 28.3. The van der Waals surface area contributed by atoms with E-state index >= 15 is 0 Å². The highest BCUT2D eigenvalue weighted by Gasteiger charge is 2.54. The van der Waals surface area contributed by atoms with Crippen molar-refractivity contribution in [3.05, 3.63) is 23.0 Å². The van der Waals surface area contributed by atoms with Gasteiger partial charge in [-0.05, 0) is 0 Å². The number of phosphoric acid groups is 1. The van der Waals surface area contributed by atoms with E-state index in [9.17, 15) is 54.4 Å². The average Bonchev–Trinajstić information content (AvgIpc) is 3.37. The van der Waals surface area contributed by atoms with E-state index in [4.69, 9.17) is 9.47 Å². The van der Waals surface area contributed by atoms with E-state index in [-0.39, 0.29) is 11.2 Å². The molecule has 2 aromatic rings. The predicted octanol–water partition coefficient (Wildman–Crippen LogP) is -4.14. The lowest BCUT2D eigenvalue weighted by atomic mass is 10.0. The molecule has 2 fully saturated rings. The summed E-state index contributed by atoms with van der Waals surface area (Å²) in [5.41, 5.74) is -0.672. The molecule has 21 heteroatoms. The van der Waals surface area contributed by atoms with Crippen LogP contribution in [0.5, 0.6) is 0 Å². The number of hydrogen-bond donors (Lipinski definition) is 9. The van der Waals surface area contributed by atoms with Crippen LogP contribution in [0.15, 0.2) is 17.4 Å². The molecule has 2 saturated heterocycles. The molecule has 0 aromatic carbocycles. The number of nitrogens with zero attached hydrogens (tertiary/aromatic N) is 3. The van der Waals surface area contributed by atoms with Crippen molar-refractivity contribution >= 4 is 26.6 Å². The zero-order valence-corrected chi connectivity index (χ0v) is 20.2. The number of ether oxygens (including phenoxy) is 2. The molecule has 2 aromatic heterocycles. The minimum absolute atomic E-state index is 0.00141. The van der Waals surface area contributed by atoms with Crippen molar-refractivity contribution in [2.24, 2.45) is 0 Å². The number of imidazole rings is 1. The van der Waals surface area contributed by atoms with Crippen molar-refractivity contribution in [3.8, 4) is 0 Å². The van der Waals surface area contributed by atoms with Crippen molar-refractivity contribution in [3.63, 3.8) is 0 Å². The second kappa shape index (κ2) is 10.5. The van der Waals surface area contributed by atoms with Gasteiger partial charge in [-0.3, -0.25) is 18.5 Å². The van der Waals surface area contributed by atoms with Crippen LogP contribution in [0.2, 0.25) is 0 Å². The number of phosphoric ester groups is 1. The summed E-state index contributed by atoms with van der Waals surface area (Å²) in [5.74, 6) is -2.35. The minimum atomic E-state index is -5.46. The summed E-state index contributed by atoms with van der Waals surface area (Å²) in [6.07, 6.45) is -11.8. The number of hydrogen-bond acceptors (Lipinski definition) is 15. The summed E-state index contributed by atoms with van der Waals surface area (Å²) in [7, 11) is -10.9. The molecule has 19 nitrogen and oxygen atoms in total. The number of fused-ring (bicyclic) bond motifs is 1. The maximum Gasteiger partial charge on any atom is 0.479 e. The van der Waals surface area contributed by atoms with Gasteiger partial charge in [0, 0.05) is 0 Å². The van der Waals surface area contributed by atoms with Crippen molar-refractivity contribution in [2.45, 2.75) is 54.8 Å². The molecule has 4 unspecified atom stereocenters. The van der Waals surface area contributed by atoms with E-state index in [2.05, 4.69) is 23.8 Å². The zero-order valence-electron chi connectivity index (χ0n) is 18.4. The summed E-state index contributed by atoms with van der Waals surface area (Å²) in [6.45, 7) is -1.90. The highest BCUT2D eigenvalue weighted by atomic mass is 31.3. The first-order chi connectivity index (χ1) is 17.3. The SMILES string of the molecule is O=c1[nH]cnc2c1ncn2C1O[C@H](COP(=O)(O)OP(=O)(O)C2O[C@H](CO)[C@@H](O)[C@H](O)[C@H]2O)[C@@H](O)[C@H]1O. The van der Waals surface area contributed by atoms with E-state index in [0.717, 1.165) is 17.2 Å². The van der Waals surface area contributed by atoms with Crippen molar-refractivity contribution in [1.82, 2.24) is 19.5 Å². The third-order valence-corrected chi connectivity index (χ3v) is 9.09. The van der Waals surface area contributed by atoms with Crippen molar-refractivity contribution in [1.29, 1.82) is 0 Å². The Morgan fingerprint density at radius 2 is 1.65 bits per heavy atom. The summed E-state index contributed by atoms with van der Waals surface area (Å²) >= 11 is 0. The topological polar surface area (TPSA) is 296 Å². The predicted molar refractivity (Wildman–Crippen MR) is 115 cm³/mol. The van der Waals surface area contributed by atoms with Crippen LogP contribution in [0.4, 0.5) is 0 Å². The van der Waals surface area contributed by atoms with Crippen LogP contribution in [-0.2, 0) is 27.4 Å². The molecule has 4 rings (SSSR count). The Kier molecular flexibility index (Phi) is 8.03. The minimum Gasteiger partial charge on any atom is -0.394 e. The monoisotopic (exact) mass is 574 g/mol. The molecule has 0 radical (unpaired) electrons. The van der Waals surface area contributed by atoms with Crippen molar-refractivity contribution < 1.29 is 67.9 Å². The van der Waals surface area contributed by atoms with E-state index in [1.165, 1.54) is 0 Å². The highest BCUT2D eigenvalue weighted by Crippen LogP contribution is 2.64. The molecule has 0 amide bonds. The van der Waals surface area contributed by atoms with Gasteiger partial charge in [-0.1, -0.05) is 0 Å². The molecule has 2 aliphatic heterocycles. The molecule has 0 aliphatic carbocycles. The lowest BCUT2D eigenvalue weighted by molar-refractivity contribution is -0.211. The molecule has 11 atom stereocenters. The number of aliphatic hydroxyl groups excluding tert-OH is 6. The molecule has 2 aliphatic rings. The van der Waals surface area contributed by atoms with Crippen LogP contribution >= 0.6 is 15.4 Å². The maximum absolute atomic E-state index is 12.6. The second-order valence-corrected chi connectivity index (χ2v) is 11.7. The number of aromatic nitrogens is 4. The molecule has 0 bridgehead atoms. The Hall–Kier alpha value is -1.67. The van der Waals surface area contributed by atoms with Gasteiger partial charge in [0.1, 0.15) is 42.7 Å². The number of rotatable bonds is 8. The Morgan fingerprint density at radius 3 is 2.32 bits per heavy atom. The normalized spacial score (nSPS) is 37.9. The van der Waals surface area contributed by atoms with Gasteiger partial charge in [0.25, 0.3) is 5.56 Å². The van der Waals surface area contributed by atoms with E-state index < -0.39 is 89.0 Å². The van der Waals surface area contributed by atoms with Gasteiger partial charge in [-0.2, -0.15) is 0 Å². The van der Waals surface area contributed by atoms with Gasteiger partial charge >= 0.3 is 15.4 Å². The van der Waals surface area contributed by atoms with Gasteiger partial charge in [0.05, 0.1) is 25.9 Å². The van der Waals surface area contributed by atoms with Crippen LogP contribution in [-0.4, -0.2) is 122 Å². The standard InChI is InChI=1S/C16H24N4O15P2/c21-1-5-8(22)10(24)12(26)16(34-5)36(28,29)35-37(30,31)32-2-6-9(23)11(25)15(33-6)20-4-19-7-13(20)17-3-18-14(7)27/h3-6,8-12,15-16,21-26H,1-2H2,(H,28,29)(H,30,31)(H,17,18,27)/t5-,6-,8-,9-,10+,11-,12-,15?,16?/m1/s1. The molecular weight excluding hydrogens is 550 g/mol. The van der Waals surface area contributed by atoms with Gasteiger partial charge < -0.3 is 54.9 Å². The number of nitrogens with one attached hydrogen (secondary N) is 1. The molecule has 4 heterocycles. The van der Waals surface area contributed by atoms with Crippen molar-refractivity contribution in [2.75, 3.05) is 13.2 Å². The van der Waals surface area contributed by atoms with Crippen LogP contribution in [0.3, 0.4) is 0 Å². The van der Waals surface area contributed by atoms with Gasteiger partial charge in [-0.15, -0.1) is 0 Å². The fourth-order valence-corrected chi connectivity index (χ4v) is 6.83. The summed E-state index contributed by atoms with van der Waals surface area (Å²) in [5, 5.41) is 59.4. The molecule has 9 N–H and O–H groups in total. The van der Waals surface area contributed by atoms with Gasteiger partial charge in [0.15, 0.2) is 23.2 Å². The Balaban J connectivity index is 1.43. The van der Waals surface area contributed by atoms with Crippen LogP contribution in [0, 0.1) is 0 Å². The summed E-state index contributed by atoms with van der Waals surface area (Å²) < 4.78 is 45.3. The number of H-pyrrole nitrogens is 1. The average molecular weight is 574 g/mol. The molecule has 0 spiro atoms. The largest absolute Gasteiger partial charge is 0.479 e. The smallest absolute Gasteiger partial charge is 0.394 e. The molecule has 37 heavy (non-hydrogen) atoms. The molecule has 208 valence electrons. The van der Waals surface area contributed by atoms with Crippen LogP contribution < -0.4 is 5.56 Å².